The van der Waals surface area contributed by atoms with Gasteiger partial charge in [0.25, 0.3) is 0 Å². The van der Waals surface area contributed by atoms with E-state index in [1.165, 1.54) is 16.7 Å². The van der Waals surface area contributed by atoms with Crippen molar-refractivity contribution in [1.82, 2.24) is 10.3 Å². The molecular formula is C19H19N3O4S. The van der Waals surface area contributed by atoms with Crippen LogP contribution >= 0.6 is 11.8 Å². The number of hydrogen-bond acceptors (Lipinski definition) is 6. The molecule has 0 aliphatic carbocycles. The van der Waals surface area contributed by atoms with Gasteiger partial charge in [0, 0.05) is 6.20 Å². The molecule has 1 N–H and O–H groups in total. The lowest BCUT2D eigenvalue weighted by atomic mass is 10.1. The standard InChI is InChI=1S/C19H19N3O4S/c1-12(13-4-5-15-16(9-13)26-8-7-25-15)21-17(23)10-22-14-3-2-6-20-19(14)27-11-18(22)24/h2-6,9,12H,7-8,10-11H2,1H3,(H,21,23)/t12-/m1/s1. The topological polar surface area (TPSA) is 80.8 Å². The first-order valence-electron chi connectivity index (χ1n) is 8.69. The lowest BCUT2D eigenvalue weighted by molar-refractivity contribution is -0.123. The Morgan fingerprint density at radius 3 is 2.96 bits per heavy atom. The smallest absolute Gasteiger partial charge is 0.240 e. The summed E-state index contributed by atoms with van der Waals surface area (Å²) in [5, 5.41) is 3.71. The molecule has 0 unspecified atom stereocenters. The van der Waals surface area contributed by atoms with E-state index in [-0.39, 0.29) is 30.2 Å². The van der Waals surface area contributed by atoms with E-state index in [0.717, 1.165) is 10.6 Å². The molecule has 1 aromatic carbocycles. The Morgan fingerprint density at radius 1 is 1.30 bits per heavy atom. The number of ether oxygens (including phenoxy) is 2. The van der Waals surface area contributed by atoms with Gasteiger partial charge in [-0.05, 0) is 36.8 Å². The van der Waals surface area contributed by atoms with E-state index in [9.17, 15) is 9.59 Å². The van der Waals surface area contributed by atoms with E-state index in [1.54, 1.807) is 12.3 Å². The van der Waals surface area contributed by atoms with Crippen LogP contribution in [0.4, 0.5) is 5.69 Å². The molecule has 27 heavy (non-hydrogen) atoms. The van der Waals surface area contributed by atoms with Gasteiger partial charge in [0.1, 0.15) is 24.8 Å². The second-order valence-corrected chi connectivity index (χ2v) is 7.25. The highest BCUT2D eigenvalue weighted by molar-refractivity contribution is 8.00. The van der Waals surface area contributed by atoms with Crippen LogP contribution in [-0.2, 0) is 9.59 Å². The monoisotopic (exact) mass is 385 g/mol. The molecule has 2 aromatic rings. The fourth-order valence-electron chi connectivity index (χ4n) is 3.06. The van der Waals surface area contributed by atoms with Gasteiger partial charge in [0.15, 0.2) is 11.5 Å². The van der Waals surface area contributed by atoms with Crippen molar-refractivity contribution in [3.05, 3.63) is 42.1 Å². The molecule has 3 heterocycles. The van der Waals surface area contributed by atoms with E-state index in [4.69, 9.17) is 9.47 Å². The van der Waals surface area contributed by atoms with Crippen LogP contribution in [0.1, 0.15) is 18.5 Å². The molecular weight excluding hydrogens is 366 g/mol. The van der Waals surface area contributed by atoms with E-state index in [2.05, 4.69) is 10.3 Å². The third-order valence-electron chi connectivity index (χ3n) is 4.42. The average Bonchev–Trinajstić information content (AvgIpc) is 2.69. The number of rotatable bonds is 4. The van der Waals surface area contributed by atoms with E-state index in [0.29, 0.717) is 30.4 Å². The molecule has 0 spiro atoms. The Morgan fingerprint density at radius 2 is 2.11 bits per heavy atom. The molecule has 8 heteroatoms. The number of fused-ring (bicyclic) bond motifs is 2. The van der Waals surface area contributed by atoms with E-state index < -0.39 is 0 Å². The summed E-state index contributed by atoms with van der Waals surface area (Å²) < 4.78 is 11.1. The molecule has 0 saturated carbocycles. The number of nitrogens with zero attached hydrogens (tertiary/aromatic N) is 2. The van der Waals surface area contributed by atoms with Gasteiger partial charge in [-0.1, -0.05) is 17.8 Å². The lowest BCUT2D eigenvalue weighted by Crippen LogP contribution is -2.44. The first kappa shape index (κ1) is 17.7. The SMILES string of the molecule is C[C@@H](NC(=O)CN1C(=O)CSc2ncccc21)c1ccc2c(c1)OCCO2. The Labute approximate surface area is 161 Å². The summed E-state index contributed by atoms with van der Waals surface area (Å²) in [5.74, 6) is 1.36. The highest BCUT2D eigenvalue weighted by Gasteiger charge is 2.27. The number of pyridine rings is 1. The fourth-order valence-corrected chi connectivity index (χ4v) is 3.94. The predicted molar refractivity (Wildman–Crippen MR) is 101 cm³/mol. The van der Waals surface area contributed by atoms with Crippen LogP contribution in [0.15, 0.2) is 41.6 Å². The maximum absolute atomic E-state index is 12.6. The van der Waals surface area contributed by atoms with Crippen LogP contribution in [0.5, 0.6) is 11.5 Å². The molecule has 0 saturated heterocycles. The molecule has 2 aliphatic rings. The van der Waals surface area contributed by atoms with Gasteiger partial charge in [-0.2, -0.15) is 0 Å². The minimum Gasteiger partial charge on any atom is -0.486 e. The van der Waals surface area contributed by atoms with Crippen molar-refractivity contribution < 1.29 is 19.1 Å². The number of thioether (sulfide) groups is 1. The van der Waals surface area contributed by atoms with Crippen molar-refractivity contribution in [3.8, 4) is 11.5 Å². The number of anilines is 1. The second kappa shape index (κ2) is 7.48. The zero-order valence-corrected chi connectivity index (χ0v) is 15.6. The van der Waals surface area contributed by atoms with Crippen molar-refractivity contribution in [3.63, 3.8) is 0 Å². The van der Waals surface area contributed by atoms with Crippen LogP contribution in [0.25, 0.3) is 0 Å². The number of benzene rings is 1. The summed E-state index contributed by atoms with van der Waals surface area (Å²) in [6.07, 6.45) is 1.68. The van der Waals surface area contributed by atoms with Gasteiger partial charge >= 0.3 is 0 Å². The molecule has 4 rings (SSSR count). The van der Waals surface area contributed by atoms with Gasteiger partial charge in [-0.15, -0.1) is 0 Å². The van der Waals surface area contributed by atoms with Crippen LogP contribution in [-0.4, -0.2) is 42.3 Å². The number of aromatic nitrogens is 1. The van der Waals surface area contributed by atoms with E-state index >= 15 is 0 Å². The van der Waals surface area contributed by atoms with Crippen molar-refractivity contribution in [2.24, 2.45) is 0 Å². The predicted octanol–water partition coefficient (Wildman–Crippen LogP) is 2.17. The molecule has 2 aliphatic heterocycles. The third kappa shape index (κ3) is 3.71. The summed E-state index contributed by atoms with van der Waals surface area (Å²) in [4.78, 5) is 30.6. The Kier molecular flexibility index (Phi) is 4.89. The minimum absolute atomic E-state index is 0.0347. The fraction of sp³-hybridized carbons (Fsp3) is 0.316. The quantitative estimate of drug-likeness (QED) is 0.869. The molecule has 1 atom stereocenters. The van der Waals surface area contributed by atoms with Crippen LogP contribution in [0, 0.1) is 0 Å². The Bertz CT molecular complexity index is 889. The normalized spacial score (nSPS) is 16.5. The second-order valence-electron chi connectivity index (χ2n) is 6.29. The maximum atomic E-state index is 12.6. The lowest BCUT2D eigenvalue weighted by Gasteiger charge is -2.28. The molecule has 0 fully saturated rings. The first-order valence-corrected chi connectivity index (χ1v) is 9.67. The molecule has 2 amide bonds. The van der Waals surface area contributed by atoms with E-state index in [1.807, 2.05) is 31.2 Å². The average molecular weight is 385 g/mol. The number of carbonyl (C=O) groups excluding carboxylic acids is 2. The van der Waals surface area contributed by atoms with Crippen LogP contribution < -0.4 is 19.7 Å². The highest BCUT2D eigenvalue weighted by Crippen LogP contribution is 2.34. The number of carbonyl (C=O) groups is 2. The van der Waals surface area contributed by atoms with Gasteiger partial charge in [-0.25, -0.2) is 4.98 Å². The van der Waals surface area contributed by atoms with Crippen LogP contribution in [0.2, 0.25) is 0 Å². The van der Waals surface area contributed by atoms with Gasteiger partial charge in [-0.3, -0.25) is 14.5 Å². The first-order chi connectivity index (χ1) is 13.1. The summed E-state index contributed by atoms with van der Waals surface area (Å²) in [7, 11) is 0. The molecule has 0 bridgehead atoms. The van der Waals surface area contributed by atoms with Crippen molar-refractivity contribution >= 4 is 29.3 Å². The molecule has 140 valence electrons. The molecule has 1 aromatic heterocycles. The zero-order valence-electron chi connectivity index (χ0n) is 14.8. The molecule has 0 radical (unpaired) electrons. The zero-order chi connectivity index (χ0) is 18.8. The minimum atomic E-state index is -0.229. The van der Waals surface area contributed by atoms with Gasteiger partial charge in [0.05, 0.1) is 17.5 Å². The number of amides is 2. The van der Waals surface area contributed by atoms with Gasteiger partial charge < -0.3 is 14.8 Å². The Balaban J connectivity index is 1.44. The summed E-state index contributed by atoms with van der Waals surface area (Å²) in [6.45, 7) is 2.91. The van der Waals surface area contributed by atoms with Crippen LogP contribution in [0.3, 0.4) is 0 Å². The third-order valence-corrected chi connectivity index (χ3v) is 5.40. The number of hydrogen-bond donors (Lipinski definition) is 1. The van der Waals surface area contributed by atoms with Crippen molar-refractivity contribution in [1.29, 1.82) is 0 Å². The summed E-state index contributed by atoms with van der Waals surface area (Å²) in [6, 6.07) is 8.97. The largest absolute Gasteiger partial charge is 0.486 e. The van der Waals surface area contributed by atoms with Crippen molar-refractivity contribution in [2.75, 3.05) is 30.4 Å². The summed E-state index contributed by atoms with van der Waals surface area (Å²) >= 11 is 1.39. The highest BCUT2D eigenvalue weighted by atomic mass is 32.2. The van der Waals surface area contributed by atoms with Gasteiger partial charge in [0.2, 0.25) is 11.8 Å². The number of nitrogens with one attached hydrogen (secondary N) is 1. The summed E-state index contributed by atoms with van der Waals surface area (Å²) in [5.41, 5.74) is 1.59. The molecule has 7 nitrogen and oxygen atoms in total. The Hall–Kier alpha value is -2.74. The van der Waals surface area contributed by atoms with Crippen molar-refractivity contribution in [2.45, 2.75) is 18.0 Å². The maximum Gasteiger partial charge on any atom is 0.240 e.